The van der Waals surface area contributed by atoms with E-state index >= 15 is 0 Å². The molecule has 4 rings (SSSR count). The third-order valence-corrected chi connectivity index (χ3v) is 6.28. The Balaban J connectivity index is 1.66. The predicted molar refractivity (Wildman–Crippen MR) is 95.1 cm³/mol. The van der Waals surface area contributed by atoms with Gasteiger partial charge in [-0.1, -0.05) is 31.0 Å². The number of rotatable bonds is 4. The molecule has 5 nitrogen and oxygen atoms in total. The van der Waals surface area contributed by atoms with Gasteiger partial charge in [-0.05, 0) is 37.8 Å². The SMILES string of the molecule is c1cc(-c2nnc(SC3CCOCC3)n2C2CCCCC2)ccn1. The number of thioether (sulfide) groups is 1. The molecule has 1 saturated heterocycles. The smallest absolute Gasteiger partial charge is 0.192 e. The minimum Gasteiger partial charge on any atom is -0.381 e. The van der Waals surface area contributed by atoms with Gasteiger partial charge >= 0.3 is 0 Å². The Morgan fingerprint density at radius 3 is 2.46 bits per heavy atom. The van der Waals surface area contributed by atoms with Crippen molar-refractivity contribution in [3.63, 3.8) is 0 Å². The lowest BCUT2D eigenvalue weighted by Gasteiger charge is -2.27. The quantitative estimate of drug-likeness (QED) is 0.835. The summed E-state index contributed by atoms with van der Waals surface area (Å²) in [6.45, 7) is 1.74. The van der Waals surface area contributed by atoms with Crippen molar-refractivity contribution in [3.05, 3.63) is 24.5 Å². The molecule has 0 N–H and O–H groups in total. The van der Waals surface area contributed by atoms with E-state index in [-0.39, 0.29) is 0 Å². The topological polar surface area (TPSA) is 52.8 Å². The van der Waals surface area contributed by atoms with E-state index in [1.54, 1.807) is 0 Å². The van der Waals surface area contributed by atoms with Gasteiger partial charge in [0.25, 0.3) is 0 Å². The highest BCUT2D eigenvalue weighted by atomic mass is 32.2. The third kappa shape index (κ3) is 3.49. The molecule has 6 heteroatoms. The van der Waals surface area contributed by atoms with E-state index in [9.17, 15) is 0 Å². The maximum absolute atomic E-state index is 5.50. The summed E-state index contributed by atoms with van der Waals surface area (Å²) in [5.41, 5.74) is 1.11. The maximum atomic E-state index is 5.50. The van der Waals surface area contributed by atoms with Crippen molar-refractivity contribution in [2.45, 2.75) is 61.4 Å². The summed E-state index contributed by atoms with van der Waals surface area (Å²) in [6, 6.07) is 4.60. The van der Waals surface area contributed by atoms with Crippen LogP contribution in [0.4, 0.5) is 0 Å². The Bertz CT molecular complexity index is 648. The van der Waals surface area contributed by atoms with E-state index in [4.69, 9.17) is 4.74 Å². The molecule has 24 heavy (non-hydrogen) atoms. The van der Waals surface area contributed by atoms with Crippen LogP contribution in [-0.4, -0.2) is 38.2 Å². The van der Waals surface area contributed by atoms with Crippen molar-refractivity contribution >= 4 is 11.8 Å². The van der Waals surface area contributed by atoms with Crippen LogP contribution in [0, 0.1) is 0 Å². The second-order valence-corrected chi connectivity index (χ2v) is 7.90. The lowest BCUT2D eigenvalue weighted by atomic mass is 9.95. The average Bonchev–Trinajstić information content (AvgIpc) is 3.07. The van der Waals surface area contributed by atoms with Gasteiger partial charge in [0, 0.05) is 42.5 Å². The first kappa shape index (κ1) is 16.1. The summed E-state index contributed by atoms with van der Waals surface area (Å²) >= 11 is 1.89. The highest BCUT2D eigenvalue weighted by Gasteiger charge is 2.26. The molecule has 3 heterocycles. The molecule has 1 aliphatic heterocycles. The molecule has 0 spiro atoms. The predicted octanol–water partition coefficient (Wildman–Crippen LogP) is 4.12. The van der Waals surface area contributed by atoms with Gasteiger partial charge in [-0.25, -0.2) is 0 Å². The third-order valence-electron chi connectivity index (χ3n) is 4.98. The Hall–Kier alpha value is -1.40. The minimum absolute atomic E-state index is 0.527. The Labute approximate surface area is 147 Å². The Morgan fingerprint density at radius 2 is 1.71 bits per heavy atom. The zero-order valence-electron chi connectivity index (χ0n) is 13.9. The first-order valence-corrected chi connectivity index (χ1v) is 9.89. The Kier molecular flexibility index (Phi) is 5.13. The van der Waals surface area contributed by atoms with Gasteiger partial charge in [0.05, 0.1) is 0 Å². The van der Waals surface area contributed by atoms with Crippen molar-refractivity contribution in [1.82, 2.24) is 19.7 Å². The number of pyridine rings is 1. The van der Waals surface area contributed by atoms with Crippen molar-refractivity contribution in [1.29, 1.82) is 0 Å². The van der Waals surface area contributed by atoms with Crippen molar-refractivity contribution in [2.24, 2.45) is 0 Å². The van der Waals surface area contributed by atoms with Crippen LogP contribution in [-0.2, 0) is 4.74 Å². The molecule has 1 saturated carbocycles. The largest absolute Gasteiger partial charge is 0.381 e. The molecule has 0 amide bonds. The van der Waals surface area contributed by atoms with Gasteiger partial charge in [-0.3, -0.25) is 9.55 Å². The lowest BCUT2D eigenvalue weighted by Crippen LogP contribution is -2.20. The van der Waals surface area contributed by atoms with E-state index in [2.05, 4.69) is 19.7 Å². The van der Waals surface area contributed by atoms with E-state index in [0.29, 0.717) is 11.3 Å². The van der Waals surface area contributed by atoms with Gasteiger partial charge in [-0.2, -0.15) is 0 Å². The van der Waals surface area contributed by atoms with Crippen LogP contribution < -0.4 is 0 Å². The molecule has 2 fully saturated rings. The maximum Gasteiger partial charge on any atom is 0.192 e. The highest BCUT2D eigenvalue weighted by molar-refractivity contribution is 7.99. The fourth-order valence-electron chi connectivity index (χ4n) is 3.67. The van der Waals surface area contributed by atoms with Crippen LogP contribution in [0.3, 0.4) is 0 Å². The van der Waals surface area contributed by atoms with Gasteiger partial charge in [0.1, 0.15) is 0 Å². The summed E-state index contributed by atoms with van der Waals surface area (Å²) < 4.78 is 7.91. The number of nitrogens with zero attached hydrogens (tertiary/aromatic N) is 4. The van der Waals surface area contributed by atoms with E-state index < -0.39 is 0 Å². The zero-order valence-corrected chi connectivity index (χ0v) is 14.7. The van der Waals surface area contributed by atoms with Crippen LogP contribution in [0.25, 0.3) is 11.4 Å². The van der Waals surface area contributed by atoms with Crippen molar-refractivity contribution in [3.8, 4) is 11.4 Å². The van der Waals surface area contributed by atoms with Crippen molar-refractivity contribution < 1.29 is 4.74 Å². The zero-order chi connectivity index (χ0) is 16.2. The molecule has 0 unspecified atom stereocenters. The minimum atomic E-state index is 0.527. The Morgan fingerprint density at radius 1 is 0.958 bits per heavy atom. The second-order valence-electron chi connectivity index (χ2n) is 6.63. The number of hydrogen-bond acceptors (Lipinski definition) is 5. The first-order valence-electron chi connectivity index (χ1n) is 9.01. The molecule has 2 aromatic heterocycles. The molecular formula is C18H24N4OS. The van der Waals surface area contributed by atoms with Crippen LogP contribution in [0.1, 0.15) is 51.0 Å². The summed E-state index contributed by atoms with van der Waals surface area (Å²) in [7, 11) is 0. The molecule has 2 aliphatic rings. The number of ether oxygens (including phenoxy) is 1. The fraction of sp³-hybridized carbons (Fsp3) is 0.611. The highest BCUT2D eigenvalue weighted by Crippen LogP contribution is 2.37. The standard InChI is InChI=1S/C18H24N4OS/c1-2-4-15(5-3-1)22-17(14-6-10-19-11-7-14)20-21-18(22)24-16-8-12-23-13-9-16/h6-7,10-11,15-16H,1-5,8-9,12-13H2. The van der Waals surface area contributed by atoms with Gasteiger partial charge in [-0.15, -0.1) is 10.2 Å². The lowest BCUT2D eigenvalue weighted by molar-refractivity contribution is 0.0999. The average molecular weight is 344 g/mol. The molecule has 0 atom stereocenters. The summed E-state index contributed by atoms with van der Waals surface area (Å²) in [5.74, 6) is 0.999. The van der Waals surface area contributed by atoms with Crippen molar-refractivity contribution in [2.75, 3.05) is 13.2 Å². The van der Waals surface area contributed by atoms with E-state index in [1.807, 2.05) is 36.3 Å². The molecular weight excluding hydrogens is 320 g/mol. The fourth-order valence-corrected chi connectivity index (χ4v) is 4.83. The van der Waals surface area contributed by atoms with Gasteiger partial charge in [0.2, 0.25) is 0 Å². The summed E-state index contributed by atoms with van der Waals surface area (Å²) in [5, 5.41) is 10.8. The molecule has 2 aromatic rings. The first-order chi connectivity index (χ1) is 11.9. The molecule has 128 valence electrons. The molecule has 0 bridgehead atoms. The van der Waals surface area contributed by atoms with Gasteiger partial charge < -0.3 is 4.74 Å². The summed E-state index contributed by atoms with van der Waals surface area (Å²) in [6.07, 6.45) is 12.3. The normalized spacial score (nSPS) is 20.3. The monoisotopic (exact) mass is 344 g/mol. The van der Waals surface area contributed by atoms with Crippen LogP contribution in [0.5, 0.6) is 0 Å². The van der Waals surface area contributed by atoms with E-state index in [1.165, 1.54) is 32.1 Å². The molecule has 0 radical (unpaired) electrons. The van der Waals surface area contributed by atoms with Gasteiger partial charge in [0.15, 0.2) is 11.0 Å². The summed E-state index contributed by atoms with van der Waals surface area (Å²) in [4.78, 5) is 4.14. The van der Waals surface area contributed by atoms with Crippen LogP contribution in [0.15, 0.2) is 29.7 Å². The van der Waals surface area contributed by atoms with E-state index in [0.717, 1.165) is 42.6 Å². The van der Waals surface area contributed by atoms with Crippen LogP contribution >= 0.6 is 11.8 Å². The molecule has 1 aliphatic carbocycles. The van der Waals surface area contributed by atoms with Crippen LogP contribution in [0.2, 0.25) is 0 Å². The number of hydrogen-bond donors (Lipinski definition) is 0. The number of aromatic nitrogens is 4. The second kappa shape index (κ2) is 7.66. The molecule has 0 aromatic carbocycles.